The van der Waals surface area contributed by atoms with Crippen molar-refractivity contribution in [1.82, 2.24) is 10.2 Å². The minimum absolute atomic E-state index is 0.255. The van der Waals surface area contributed by atoms with Gasteiger partial charge in [0, 0.05) is 16.8 Å². The molecule has 7 heteroatoms. The smallest absolute Gasteiger partial charge is 0.316 e. The number of hydrogen-bond acceptors (Lipinski definition) is 3. The van der Waals surface area contributed by atoms with Crippen LogP contribution in [-0.4, -0.2) is 22.1 Å². The predicted octanol–water partition coefficient (Wildman–Crippen LogP) is 1.72. The molecule has 0 spiro atoms. The molecule has 0 aliphatic heterocycles. The second-order valence-corrected chi connectivity index (χ2v) is 4.14. The highest BCUT2D eigenvalue weighted by molar-refractivity contribution is 6.04. The first kappa shape index (κ1) is 13.6. The van der Waals surface area contributed by atoms with E-state index in [4.69, 9.17) is 5.73 Å². The molecule has 104 valence electrons. The lowest BCUT2D eigenvalue weighted by Crippen LogP contribution is -2.19. The van der Waals surface area contributed by atoms with Gasteiger partial charge in [-0.1, -0.05) is 6.92 Å². The molecular weight excluding hydrogens is 258 g/mol. The van der Waals surface area contributed by atoms with Gasteiger partial charge in [0.15, 0.2) is 0 Å². The molecule has 0 unspecified atom stereocenters. The van der Waals surface area contributed by atoms with E-state index in [2.05, 4.69) is 20.8 Å². The molecule has 0 aliphatic rings. The van der Waals surface area contributed by atoms with E-state index in [1.54, 1.807) is 30.5 Å². The van der Waals surface area contributed by atoms with Gasteiger partial charge in [-0.2, -0.15) is 5.10 Å². The number of nitrogens with zero attached hydrogens (tertiary/aromatic N) is 1. The fourth-order valence-electron chi connectivity index (χ4n) is 1.72. The molecule has 1 heterocycles. The summed E-state index contributed by atoms with van der Waals surface area (Å²) in [7, 11) is 0. The van der Waals surface area contributed by atoms with Crippen molar-refractivity contribution in [3.05, 3.63) is 41.6 Å². The molecule has 5 N–H and O–H groups in total. The Labute approximate surface area is 115 Å². The third-order valence-corrected chi connectivity index (χ3v) is 2.75. The monoisotopic (exact) mass is 273 g/mol. The topological polar surface area (TPSA) is 113 Å². The highest BCUT2D eigenvalue weighted by Gasteiger charge is 2.10. The van der Waals surface area contributed by atoms with E-state index >= 15 is 0 Å². The maximum absolute atomic E-state index is 12.0. The highest BCUT2D eigenvalue weighted by atomic mass is 16.2. The average Bonchev–Trinajstić information content (AvgIpc) is 2.86. The number of nitrogens with one attached hydrogen (secondary N) is 3. The van der Waals surface area contributed by atoms with Gasteiger partial charge >= 0.3 is 6.03 Å². The Morgan fingerprint density at radius 1 is 1.25 bits per heavy atom. The summed E-state index contributed by atoms with van der Waals surface area (Å²) < 4.78 is 0. The zero-order valence-corrected chi connectivity index (χ0v) is 10.9. The van der Waals surface area contributed by atoms with Crippen LogP contribution in [0.4, 0.5) is 16.3 Å². The summed E-state index contributed by atoms with van der Waals surface area (Å²) in [5.41, 5.74) is 6.94. The summed E-state index contributed by atoms with van der Waals surface area (Å²) in [6, 6.07) is 5.76. The van der Waals surface area contributed by atoms with Crippen LogP contribution < -0.4 is 16.4 Å². The molecule has 20 heavy (non-hydrogen) atoms. The zero-order chi connectivity index (χ0) is 14.5. The van der Waals surface area contributed by atoms with Gasteiger partial charge in [0.1, 0.15) is 5.82 Å². The Bertz CT molecular complexity index is 618. The third-order valence-electron chi connectivity index (χ3n) is 2.75. The Hall–Kier alpha value is -2.83. The minimum Gasteiger partial charge on any atom is -0.351 e. The number of anilines is 2. The number of H-pyrrole nitrogens is 1. The fraction of sp³-hybridized carbons (Fsp3) is 0.154. The van der Waals surface area contributed by atoms with Crippen molar-refractivity contribution < 1.29 is 9.59 Å². The molecule has 0 bridgehead atoms. The van der Waals surface area contributed by atoms with Crippen LogP contribution in [0.5, 0.6) is 0 Å². The normalized spacial score (nSPS) is 10.1. The molecule has 0 aliphatic carbocycles. The quantitative estimate of drug-likeness (QED) is 0.680. The number of carbonyl (C=O) groups excluding carboxylic acids is 2. The van der Waals surface area contributed by atoms with E-state index in [-0.39, 0.29) is 5.91 Å². The Morgan fingerprint density at radius 2 is 1.95 bits per heavy atom. The number of carbonyl (C=O) groups is 2. The van der Waals surface area contributed by atoms with Crippen molar-refractivity contribution in [3.63, 3.8) is 0 Å². The van der Waals surface area contributed by atoms with E-state index in [9.17, 15) is 9.59 Å². The Balaban J connectivity index is 2.08. The first-order valence-corrected chi connectivity index (χ1v) is 6.10. The molecule has 0 saturated heterocycles. The van der Waals surface area contributed by atoms with Crippen molar-refractivity contribution in [2.24, 2.45) is 5.73 Å². The van der Waals surface area contributed by atoms with Gasteiger partial charge in [0.2, 0.25) is 0 Å². The maximum atomic E-state index is 12.0. The maximum Gasteiger partial charge on any atom is 0.316 e. The van der Waals surface area contributed by atoms with Crippen LogP contribution in [-0.2, 0) is 6.42 Å². The second kappa shape index (κ2) is 5.87. The number of rotatable bonds is 4. The fourth-order valence-corrected chi connectivity index (χ4v) is 1.72. The molecule has 3 amide bonds. The van der Waals surface area contributed by atoms with Gasteiger partial charge < -0.3 is 16.4 Å². The van der Waals surface area contributed by atoms with Gasteiger partial charge in [0.25, 0.3) is 5.91 Å². The summed E-state index contributed by atoms with van der Waals surface area (Å²) >= 11 is 0. The molecule has 0 fully saturated rings. The summed E-state index contributed by atoms with van der Waals surface area (Å²) in [5, 5.41) is 11.8. The molecule has 2 aromatic rings. The molecule has 7 nitrogen and oxygen atoms in total. The lowest BCUT2D eigenvalue weighted by molar-refractivity contribution is 0.102. The molecule has 1 aromatic heterocycles. The largest absolute Gasteiger partial charge is 0.351 e. The van der Waals surface area contributed by atoms with E-state index in [0.717, 1.165) is 12.0 Å². The number of amides is 3. The van der Waals surface area contributed by atoms with Gasteiger partial charge in [0.05, 0.1) is 6.20 Å². The van der Waals surface area contributed by atoms with Crippen LogP contribution in [0, 0.1) is 0 Å². The highest BCUT2D eigenvalue weighted by Crippen LogP contribution is 2.14. The van der Waals surface area contributed by atoms with Crippen LogP contribution in [0.2, 0.25) is 0 Å². The van der Waals surface area contributed by atoms with Gasteiger partial charge in [-0.25, -0.2) is 4.79 Å². The van der Waals surface area contributed by atoms with Crippen LogP contribution >= 0.6 is 0 Å². The molecule has 2 rings (SSSR count). The molecule has 0 saturated carbocycles. The number of benzene rings is 1. The van der Waals surface area contributed by atoms with E-state index in [1.807, 2.05) is 6.92 Å². The van der Waals surface area contributed by atoms with Crippen molar-refractivity contribution in [3.8, 4) is 0 Å². The van der Waals surface area contributed by atoms with Gasteiger partial charge in [-0.3, -0.25) is 9.89 Å². The van der Waals surface area contributed by atoms with E-state index < -0.39 is 6.03 Å². The minimum atomic E-state index is -0.646. The molecule has 0 atom stereocenters. The number of primary amides is 1. The number of urea groups is 1. The van der Waals surface area contributed by atoms with Crippen molar-refractivity contribution in [2.75, 3.05) is 10.6 Å². The van der Waals surface area contributed by atoms with Crippen LogP contribution in [0.25, 0.3) is 0 Å². The summed E-state index contributed by atoms with van der Waals surface area (Å²) in [6.07, 6.45) is 2.45. The van der Waals surface area contributed by atoms with E-state index in [1.165, 1.54) is 0 Å². The SMILES string of the molecule is CCc1cn[nH]c1NC(=O)c1ccc(NC(N)=O)cc1. The Kier molecular flexibility index (Phi) is 3.99. The van der Waals surface area contributed by atoms with Crippen molar-refractivity contribution >= 4 is 23.4 Å². The van der Waals surface area contributed by atoms with Crippen LogP contribution in [0.3, 0.4) is 0 Å². The van der Waals surface area contributed by atoms with Crippen molar-refractivity contribution in [2.45, 2.75) is 13.3 Å². The number of aromatic amines is 1. The first-order valence-electron chi connectivity index (χ1n) is 6.10. The van der Waals surface area contributed by atoms with Gasteiger partial charge in [-0.05, 0) is 30.7 Å². The number of nitrogens with two attached hydrogens (primary N) is 1. The number of hydrogen-bond donors (Lipinski definition) is 4. The van der Waals surface area contributed by atoms with Gasteiger partial charge in [-0.15, -0.1) is 0 Å². The number of aryl methyl sites for hydroxylation is 1. The first-order chi connectivity index (χ1) is 9.60. The van der Waals surface area contributed by atoms with E-state index in [0.29, 0.717) is 17.1 Å². The molecule has 1 aromatic carbocycles. The third kappa shape index (κ3) is 3.14. The summed E-state index contributed by atoms with van der Waals surface area (Å²) in [6.45, 7) is 1.98. The van der Waals surface area contributed by atoms with Crippen LogP contribution in [0.15, 0.2) is 30.5 Å². The van der Waals surface area contributed by atoms with Crippen molar-refractivity contribution in [1.29, 1.82) is 0 Å². The predicted molar refractivity (Wildman–Crippen MR) is 75.6 cm³/mol. The van der Waals surface area contributed by atoms with Crippen LogP contribution in [0.1, 0.15) is 22.8 Å². The second-order valence-electron chi connectivity index (χ2n) is 4.14. The molecule has 0 radical (unpaired) electrons. The Morgan fingerprint density at radius 3 is 2.55 bits per heavy atom. The average molecular weight is 273 g/mol. The standard InChI is InChI=1S/C13H15N5O2/c1-2-8-7-15-18-11(8)17-12(19)9-3-5-10(6-4-9)16-13(14)20/h3-7H,2H2,1H3,(H3,14,16,20)(H2,15,17,18,19). The summed E-state index contributed by atoms with van der Waals surface area (Å²) in [4.78, 5) is 22.7. The number of aromatic nitrogens is 2. The lowest BCUT2D eigenvalue weighted by atomic mass is 10.2. The zero-order valence-electron chi connectivity index (χ0n) is 10.9. The summed E-state index contributed by atoms with van der Waals surface area (Å²) in [5.74, 6) is 0.339. The molecular formula is C13H15N5O2. The lowest BCUT2D eigenvalue weighted by Gasteiger charge is -2.06.